The van der Waals surface area contributed by atoms with Crippen molar-refractivity contribution >= 4 is 11.2 Å². The molecule has 1 N–H and O–H groups in total. The summed E-state index contributed by atoms with van der Waals surface area (Å²) in [7, 11) is 0. The van der Waals surface area contributed by atoms with Crippen LogP contribution in [0, 0.1) is 6.92 Å². The fraction of sp³-hybridized carbons (Fsp3) is 0.250. The van der Waals surface area contributed by atoms with Gasteiger partial charge in [-0.25, -0.2) is 15.0 Å². The fourth-order valence-corrected chi connectivity index (χ4v) is 1.87. The van der Waals surface area contributed by atoms with E-state index in [4.69, 9.17) is 0 Å². The molecule has 0 fully saturated rings. The Balaban J connectivity index is 2.22. The zero-order chi connectivity index (χ0) is 12.5. The van der Waals surface area contributed by atoms with Crippen molar-refractivity contribution in [1.82, 2.24) is 30.1 Å². The number of hydrogen-bond acceptors (Lipinski definition) is 5. The molecule has 0 saturated heterocycles. The average molecular weight is 240 g/mol. The summed E-state index contributed by atoms with van der Waals surface area (Å²) in [4.78, 5) is 15.8. The summed E-state index contributed by atoms with van der Waals surface area (Å²) in [6.45, 7) is 3.96. The highest BCUT2D eigenvalue weighted by Gasteiger charge is 2.11. The average Bonchev–Trinajstić information content (AvgIpc) is 2.82. The van der Waals surface area contributed by atoms with Crippen molar-refractivity contribution in [3.05, 3.63) is 30.0 Å². The first-order chi connectivity index (χ1) is 8.78. The molecule has 0 unspecified atom stereocenters. The van der Waals surface area contributed by atoms with Crippen LogP contribution >= 0.6 is 0 Å². The Hall–Kier alpha value is -2.37. The van der Waals surface area contributed by atoms with Gasteiger partial charge >= 0.3 is 0 Å². The van der Waals surface area contributed by atoms with Gasteiger partial charge in [0.2, 0.25) is 0 Å². The molecule has 0 spiro atoms. The lowest BCUT2D eigenvalue weighted by molar-refractivity contribution is 0.893. The molecule has 0 amide bonds. The third kappa shape index (κ3) is 1.71. The summed E-state index contributed by atoms with van der Waals surface area (Å²) in [5.74, 6) is 0.764. The van der Waals surface area contributed by atoms with Gasteiger partial charge in [-0.3, -0.25) is 0 Å². The number of fused-ring (bicyclic) bond motifs is 1. The Labute approximate surface area is 104 Å². The van der Waals surface area contributed by atoms with E-state index in [1.807, 2.05) is 19.9 Å². The molecule has 0 saturated carbocycles. The van der Waals surface area contributed by atoms with E-state index in [-0.39, 0.29) is 0 Å². The van der Waals surface area contributed by atoms with Crippen LogP contribution < -0.4 is 0 Å². The van der Waals surface area contributed by atoms with Crippen LogP contribution in [0.4, 0.5) is 0 Å². The number of aromatic nitrogens is 6. The monoisotopic (exact) mass is 240 g/mol. The van der Waals surface area contributed by atoms with Crippen LogP contribution in [-0.2, 0) is 6.42 Å². The number of nitrogens with one attached hydrogen (secondary N) is 1. The van der Waals surface area contributed by atoms with E-state index >= 15 is 0 Å². The second-order valence-electron chi connectivity index (χ2n) is 4.05. The van der Waals surface area contributed by atoms with Crippen molar-refractivity contribution in [3.8, 4) is 11.4 Å². The minimum atomic E-state index is 0.663. The summed E-state index contributed by atoms with van der Waals surface area (Å²) in [5, 5.41) is 8.27. The summed E-state index contributed by atoms with van der Waals surface area (Å²) < 4.78 is 0. The minimum Gasteiger partial charge on any atom is -0.335 e. The molecule has 6 heteroatoms. The number of H-pyrrole nitrogens is 1. The van der Waals surface area contributed by atoms with Crippen LogP contribution in [0.1, 0.15) is 18.3 Å². The van der Waals surface area contributed by atoms with E-state index in [1.54, 1.807) is 6.20 Å². The van der Waals surface area contributed by atoms with E-state index in [9.17, 15) is 0 Å². The third-order valence-electron chi connectivity index (χ3n) is 2.74. The summed E-state index contributed by atoms with van der Waals surface area (Å²) in [5.41, 5.74) is 4.25. The van der Waals surface area contributed by atoms with E-state index in [1.165, 1.54) is 6.33 Å². The van der Waals surface area contributed by atoms with Gasteiger partial charge in [-0.05, 0) is 19.4 Å². The number of imidazole rings is 1. The maximum atomic E-state index is 4.46. The Bertz CT molecular complexity index is 670. The largest absolute Gasteiger partial charge is 0.335 e. The Morgan fingerprint density at radius 3 is 2.94 bits per heavy atom. The quantitative estimate of drug-likeness (QED) is 0.737. The highest BCUT2D eigenvalue weighted by molar-refractivity contribution is 5.75. The normalized spacial score (nSPS) is 11.0. The third-order valence-corrected chi connectivity index (χ3v) is 2.74. The maximum absolute atomic E-state index is 4.46. The summed E-state index contributed by atoms with van der Waals surface area (Å²) in [6.07, 6.45) is 4.01. The molecular formula is C12H12N6. The lowest BCUT2D eigenvalue weighted by atomic mass is 10.1. The molecular weight excluding hydrogens is 228 g/mol. The van der Waals surface area contributed by atoms with Gasteiger partial charge in [-0.15, -0.1) is 0 Å². The second-order valence-corrected chi connectivity index (χ2v) is 4.05. The smallest absolute Gasteiger partial charge is 0.181 e. The summed E-state index contributed by atoms with van der Waals surface area (Å²) in [6, 6.07) is 1.98. The molecule has 0 aliphatic carbocycles. The summed E-state index contributed by atoms with van der Waals surface area (Å²) >= 11 is 0. The van der Waals surface area contributed by atoms with Gasteiger partial charge in [0.1, 0.15) is 17.7 Å². The molecule has 6 nitrogen and oxygen atoms in total. The van der Waals surface area contributed by atoms with Crippen molar-refractivity contribution in [2.45, 2.75) is 20.3 Å². The molecule has 3 heterocycles. The molecule has 3 rings (SSSR count). The van der Waals surface area contributed by atoms with Crippen LogP contribution in [0.15, 0.2) is 18.6 Å². The first kappa shape index (κ1) is 10.8. The standard InChI is InChI=1S/C12H12N6/c1-3-9-8(4-7(2)17-18-9)11-15-10-5-13-6-14-12(10)16-11/h4-6H,3H2,1-2H3,(H,13,14,15,16). The molecule has 0 radical (unpaired) electrons. The van der Waals surface area contributed by atoms with Crippen molar-refractivity contribution in [1.29, 1.82) is 0 Å². The van der Waals surface area contributed by atoms with Crippen molar-refractivity contribution in [2.24, 2.45) is 0 Å². The molecule has 0 aliphatic heterocycles. The van der Waals surface area contributed by atoms with Gasteiger partial charge in [0.05, 0.1) is 17.6 Å². The van der Waals surface area contributed by atoms with Gasteiger partial charge in [-0.1, -0.05) is 6.92 Å². The number of aryl methyl sites for hydroxylation is 2. The SMILES string of the molecule is CCc1nnc(C)cc1-c1nc2ncncc2[nH]1. The van der Waals surface area contributed by atoms with Gasteiger partial charge in [0.15, 0.2) is 5.65 Å². The highest BCUT2D eigenvalue weighted by atomic mass is 15.1. The van der Waals surface area contributed by atoms with Crippen LogP contribution in [0.3, 0.4) is 0 Å². The fourth-order valence-electron chi connectivity index (χ4n) is 1.87. The first-order valence-electron chi connectivity index (χ1n) is 5.77. The maximum Gasteiger partial charge on any atom is 0.181 e. The lowest BCUT2D eigenvalue weighted by Gasteiger charge is -2.03. The van der Waals surface area contributed by atoms with Crippen LogP contribution in [0.5, 0.6) is 0 Å². The number of nitrogens with zero attached hydrogens (tertiary/aromatic N) is 5. The van der Waals surface area contributed by atoms with Gasteiger partial charge in [0, 0.05) is 5.56 Å². The number of rotatable bonds is 2. The van der Waals surface area contributed by atoms with E-state index < -0.39 is 0 Å². The zero-order valence-electron chi connectivity index (χ0n) is 10.2. The molecule has 90 valence electrons. The number of hydrogen-bond donors (Lipinski definition) is 1. The molecule has 18 heavy (non-hydrogen) atoms. The molecule has 0 atom stereocenters. The molecule has 3 aromatic heterocycles. The minimum absolute atomic E-state index is 0.663. The van der Waals surface area contributed by atoms with Crippen molar-refractivity contribution < 1.29 is 0 Å². The Kier molecular flexibility index (Phi) is 2.47. The molecule has 3 aromatic rings. The topological polar surface area (TPSA) is 80.2 Å². The van der Waals surface area contributed by atoms with Crippen LogP contribution in [0.25, 0.3) is 22.6 Å². The Morgan fingerprint density at radius 2 is 2.17 bits per heavy atom. The van der Waals surface area contributed by atoms with Crippen LogP contribution in [-0.4, -0.2) is 30.1 Å². The number of aromatic amines is 1. The lowest BCUT2D eigenvalue weighted by Crippen LogP contribution is -1.98. The molecule has 0 aliphatic rings. The predicted molar refractivity (Wildman–Crippen MR) is 66.8 cm³/mol. The zero-order valence-corrected chi connectivity index (χ0v) is 10.2. The van der Waals surface area contributed by atoms with Crippen molar-refractivity contribution in [3.63, 3.8) is 0 Å². The molecule has 0 bridgehead atoms. The first-order valence-corrected chi connectivity index (χ1v) is 5.77. The van der Waals surface area contributed by atoms with E-state index in [2.05, 4.69) is 30.1 Å². The predicted octanol–water partition coefficient (Wildman–Crippen LogP) is 1.68. The van der Waals surface area contributed by atoms with E-state index in [0.717, 1.165) is 34.7 Å². The second kappa shape index (κ2) is 4.14. The highest BCUT2D eigenvalue weighted by Crippen LogP contribution is 2.22. The molecule has 0 aromatic carbocycles. The van der Waals surface area contributed by atoms with Gasteiger partial charge < -0.3 is 4.98 Å². The van der Waals surface area contributed by atoms with Gasteiger partial charge in [0.25, 0.3) is 0 Å². The van der Waals surface area contributed by atoms with Crippen LogP contribution in [0.2, 0.25) is 0 Å². The van der Waals surface area contributed by atoms with Gasteiger partial charge in [-0.2, -0.15) is 10.2 Å². The Morgan fingerprint density at radius 1 is 1.28 bits per heavy atom. The van der Waals surface area contributed by atoms with E-state index in [0.29, 0.717) is 5.65 Å². The van der Waals surface area contributed by atoms with Crippen molar-refractivity contribution in [2.75, 3.05) is 0 Å².